The third-order valence-corrected chi connectivity index (χ3v) is 0.125. The quantitative estimate of drug-likeness (QED) is 0.661. The summed E-state index contributed by atoms with van der Waals surface area (Å²) in [6, 6.07) is 0. The van der Waals surface area contributed by atoms with Crippen molar-refractivity contribution in [3.8, 4) is 0 Å². The van der Waals surface area contributed by atoms with Crippen molar-refractivity contribution in [1.29, 1.82) is 0 Å². The minimum absolute atomic E-state index is 0.236. The molecular weight excluding hydrogens is 271 g/mol. The second-order valence-electron chi connectivity index (χ2n) is 0.545. The summed E-state index contributed by atoms with van der Waals surface area (Å²) in [6.45, 7) is 0.472. The fourth-order valence-electron chi connectivity index (χ4n) is 0. The Morgan fingerprint density at radius 1 is 1.14 bits per heavy atom. The molecule has 7 heavy (non-hydrogen) atoms. The normalized spacial score (nSPS) is 7.43. The van der Waals surface area contributed by atoms with Gasteiger partial charge in [-0.15, -0.1) is 0 Å². The molecular formula is C2H6Br2N2Ni-2. The number of halogens is 2. The second kappa shape index (κ2) is 15.7. The van der Waals surface area contributed by atoms with Crippen LogP contribution in [-0.2, 0) is 10.9 Å². The molecule has 0 bridgehead atoms. The molecule has 0 spiro atoms. The van der Waals surface area contributed by atoms with Crippen molar-refractivity contribution in [3.63, 3.8) is 0 Å². The zero-order valence-electron chi connectivity index (χ0n) is 3.49. The van der Waals surface area contributed by atoms with Crippen LogP contribution in [-0.4, -0.2) is 13.1 Å². The molecule has 0 heterocycles. The van der Waals surface area contributed by atoms with Crippen molar-refractivity contribution < 1.29 is 10.9 Å². The molecule has 0 saturated carbocycles. The van der Waals surface area contributed by atoms with Gasteiger partial charge in [-0.25, -0.2) is 0 Å². The van der Waals surface area contributed by atoms with E-state index in [0.717, 1.165) is 0 Å². The van der Waals surface area contributed by atoms with Crippen LogP contribution in [0.5, 0.6) is 0 Å². The standard InChI is InChI=1S/C2H6N2.2BrH.Ni/c3-1-2-4;;;/h3-4H,1-2H2;2*1H;/q-2;;;+2/p-2. The van der Waals surface area contributed by atoms with Gasteiger partial charge in [0.1, 0.15) is 0 Å². The van der Waals surface area contributed by atoms with Crippen LogP contribution in [0.15, 0.2) is 0 Å². The van der Waals surface area contributed by atoms with E-state index in [2.05, 4.69) is 28.5 Å². The molecule has 0 aromatic rings. The Hall–Kier alpha value is 1.37. The van der Waals surface area contributed by atoms with Crippen LogP contribution in [0.2, 0.25) is 0 Å². The molecule has 2 nitrogen and oxygen atoms in total. The average Bonchev–Trinajstić information content (AvgIpc) is 1.69. The van der Waals surface area contributed by atoms with Crippen molar-refractivity contribution in [2.75, 3.05) is 13.1 Å². The number of rotatable bonds is 1. The summed E-state index contributed by atoms with van der Waals surface area (Å²) >= 11 is 6.00. The molecule has 0 atom stereocenters. The molecule has 0 aliphatic carbocycles. The van der Waals surface area contributed by atoms with E-state index in [0.29, 0.717) is 0 Å². The second-order valence-corrected chi connectivity index (χ2v) is 5.53. The summed E-state index contributed by atoms with van der Waals surface area (Å²) in [4.78, 5) is 0. The van der Waals surface area contributed by atoms with Gasteiger partial charge in [0.15, 0.2) is 0 Å². The molecule has 5 heteroatoms. The van der Waals surface area contributed by atoms with Crippen molar-refractivity contribution >= 4 is 28.5 Å². The Bertz CT molecular complexity index is 21.2. The van der Waals surface area contributed by atoms with Gasteiger partial charge in [0.05, 0.1) is 0 Å². The minimum atomic E-state index is 0.236. The van der Waals surface area contributed by atoms with Crippen LogP contribution in [0.1, 0.15) is 0 Å². The van der Waals surface area contributed by atoms with E-state index in [-0.39, 0.29) is 13.1 Å². The van der Waals surface area contributed by atoms with Crippen LogP contribution in [0.4, 0.5) is 0 Å². The van der Waals surface area contributed by atoms with E-state index in [1.54, 1.807) is 0 Å². The first-order chi connectivity index (χ1) is 3.33. The van der Waals surface area contributed by atoms with Crippen LogP contribution in [0, 0.1) is 0 Å². The van der Waals surface area contributed by atoms with Gasteiger partial charge in [-0.05, 0) is 0 Å². The van der Waals surface area contributed by atoms with Gasteiger partial charge in [-0.2, -0.15) is 13.1 Å². The molecule has 0 radical (unpaired) electrons. The maximum Gasteiger partial charge on any atom is -0.171 e. The van der Waals surface area contributed by atoms with Gasteiger partial charge in [0.2, 0.25) is 0 Å². The predicted octanol–water partition coefficient (Wildman–Crippen LogP) is 2.78. The first-order valence-electron chi connectivity index (χ1n) is 1.45. The Morgan fingerprint density at radius 2 is 1.29 bits per heavy atom. The van der Waals surface area contributed by atoms with E-state index in [9.17, 15) is 0 Å². The average molecular weight is 277 g/mol. The summed E-state index contributed by atoms with van der Waals surface area (Å²) < 4.78 is 0. The molecule has 50 valence electrons. The van der Waals surface area contributed by atoms with E-state index >= 15 is 0 Å². The third kappa shape index (κ3) is 37.8. The summed E-state index contributed by atoms with van der Waals surface area (Å²) in [5.74, 6) is 0. The van der Waals surface area contributed by atoms with Gasteiger partial charge in [-0.1, -0.05) is 0 Å². The molecule has 0 rings (SSSR count). The Labute approximate surface area is 63.8 Å². The Morgan fingerprint density at radius 3 is 1.29 bits per heavy atom. The largest absolute Gasteiger partial charge is 0.679 e. The van der Waals surface area contributed by atoms with Gasteiger partial charge >= 0.3 is 39.3 Å². The number of hydrogen-bond acceptors (Lipinski definition) is 0. The van der Waals surface area contributed by atoms with Crippen molar-refractivity contribution in [1.82, 2.24) is 0 Å². The number of nitrogens with one attached hydrogen (secondary N) is 2. The zero-order valence-corrected chi connectivity index (χ0v) is 7.65. The first-order valence-corrected chi connectivity index (χ1v) is 6.33. The van der Waals surface area contributed by atoms with E-state index in [1.807, 2.05) is 0 Å². The van der Waals surface area contributed by atoms with Gasteiger partial charge in [0.25, 0.3) is 0 Å². The van der Waals surface area contributed by atoms with Crippen molar-refractivity contribution in [2.24, 2.45) is 0 Å². The van der Waals surface area contributed by atoms with E-state index in [4.69, 9.17) is 11.5 Å². The number of hydrogen-bond donors (Lipinski definition) is 0. The fraction of sp³-hybridized carbons (Fsp3) is 1.00. The van der Waals surface area contributed by atoms with Gasteiger partial charge in [-0.3, -0.25) is 0 Å². The monoisotopic (exact) mass is 274 g/mol. The molecule has 0 aliphatic rings. The van der Waals surface area contributed by atoms with Crippen LogP contribution >= 0.6 is 28.5 Å². The predicted molar refractivity (Wildman–Crippen MR) is 36.2 cm³/mol. The summed E-state index contributed by atoms with van der Waals surface area (Å²) in [7, 11) is 1.25. The maximum absolute atomic E-state index is 6.26. The van der Waals surface area contributed by atoms with Gasteiger partial charge < -0.3 is 11.5 Å². The molecule has 0 fully saturated rings. The Kier molecular flexibility index (Phi) is 25.1. The molecule has 0 saturated heterocycles. The van der Waals surface area contributed by atoms with E-state index < -0.39 is 0 Å². The SMILES string of the molecule is [Br][Ni][Br].[NH-]CC[NH-]. The van der Waals surface area contributed by atoms with Crippen LogP contribution in [0.25, 0.3) is 11.5 Å². The molecule has 2 N–H and O–H groups in total. The van der Waals surface area contributed by atoms with Crippen molar-refractivity contribution in [2.45, 2.75) is 0 Å². The molecule has 0 aliphatic heterocycles. The molecule has 0 aromatic carbocycles. The van der Waals surface area contributed by atoms with Crippen LogP contribution in [0.3, 0.4) is 0 Å². The van der Waals surface area contributed by atoms with E-state index in [1.165, 1.54) is 10.9 Å². The summed E-state index contributed by atoms with van der Waals surface area (Å²) in [5, 5.41) is 0. The zero-order chi connectivity index (χ0) is 6.12. The molecule has 0 aromatic heterocycles. The molecule has 0 amide bonds. The summed E-state index contributed by atoms with van der Waals surface area (Å²) in [6.07, 6.45) is 0. The van der Waals surface area contributed by atoms with Crippen molar-refractivity contribution in [3.05, 3.63) is 11.5 Å². The van der Waals surface area contributed by atoms with Gasteiger partial charge in [0, 0.05) is 0 Å². The maximum atomic E-state index is 6.26. The smallest absolute Gasteiger partial charge is 0.171 e. The topological polar surface area (TPSA) is 47.6 Å². The third-order valence-electron chi connectivity index (χ3n) is 0.125. The minimum Gasteiger partial charge on any atom is -0.679 e. The fourth-order valence-corrected chi connectivity index (χ4v) is 0. The Balaban J connectivity index is 0. The summed E-state index contributed by atoms with van der Waals surface area (Å²) in [5.41, 5.74) is 12.5. The van der Waals surface area contributed by atoms with Crippen LogP contribution < -0.4 is 0 Å². The first kappa shape index (κ1) is 11.2. The molecule has 0 unspecified atom stereocenters.